The van der Waals surface area contributed by atoms with E-state index in [0.717, 1.165) is 33.8 Å². The first-order valence-corrected chi connectivity index (χ1v) is 12.7. The molecule has 0 atom stereocenters. The van der Waals surface area contributed by atoms with Gasteiger partial charge >= 0.3 is 5.97 Å². The molecule has 0 unspecified atom stereocenters. The summed E-state index contributed by atoms with van der Waals surface area (Å²) in [7, 11) is 0. The summed E-state index contributed by atoms with van der Waals surface area (Å²) in [5, 5.41) is 20.8. The fourth-order valence-corrected chi connectivity index (χ4v) is 5.14. The summed E-state index contributed by atoms with van der Waals surface area (Å²) < 4.78 is 4.05. The minimum atomic E-state index is -1.02. The molecule has 0 saturated heterocycles. The smallest absolute Gasteiger partial charge is 0.342 e. The Morgan fingerprint density at radius 2 is 1.72 bits per heavy atom. The van der Waals surface area contributed by atoms with Crippen molar-refractivity contribution in [2.45, 2.75) is 25.2 Å². The van der Waals surface area contributed by atoms with E-state index in [1.165, 1.54) is 5.56 Å². The standard InChI is InChI=1S/C28H23ClN4O2S/c1-2-33-26(20-12-14-22(29)15-13-20)30-31-28(33)36-25(27(34)35)16-21-18-32(17-19-8-4-3-5-9-19)24-11-7-6-10-23(21)24/h3-16,18H,2,17H2,1H3,(H,34,35)/b25-16-. The topological polar surface area (TPSA) is 72.9 Å². The summed E-state index contributed by atoms with van der Waals surface area (Å²) >= 11 is 7.12. The number of carboxylic acid groups (broad SMARTS) is 1. The van der Waals surface area contributed by atoms with Gasteiger partial charge in [0.1, 0.15) is 4.91 Å². The highest BCUT2D eigenvalue weighted by Crippen LogP contribution is 2.33. The molecule has 0 saturated carbocycles. The molecular formula is C28H23ClN4O2S. The van der Waals surface area contributed by atoms with Crippen molar-refractivity contribution in [2.24, 2.45) is 0 Å². The lowest BCUT2D eigenvalue weighted by atomic mass is 10.1. The van der Waals surface area contributed by atoms with Gasteiger partial charge in [0.15, 0.2) is 11.0 Å². The Labute approximate surface area is 217 Å². The summed E-state index contributed by atoms with van der Waals surface area (Å²) in [6.07, 6.45) is 3.72. The summed E-state index contributed by atoms with van der Waals surface area (Å²) in [5.41, 5.74) is 3.92. The fourth-order valence-electron chi connectivity index (χ4n) is 4.14. The van der Waals surface area contributed by atoms with Gasteiger partial charge in [-0.05, 0) is 60.7 Å². The van der Waals surface area contributed by atoms with Crippen LogP contribution in [0.2, 0.25) is 5.02 Å². The molecule has 0 aliphatic heterocycles. The van der Waals surface area contributed by atoms with E-state index >= 15 is 0 Å². The molecule has 8 heteroatoms. The van der Waals surface area contributed by atoms with Crippen LogP contribution in [0, 0.1) is 0 Å². The van der Waals surface area contributed by atoms with Crippen molar-refractivity contribution in [2.75, 3.05) is 0 Å². The van der Waals surface area contributed by atoms with Crippen LogP contribution in [0.1, 0.15) is 18.1 Å². The maximum Gasteiger partial charge on any atom is 0.342 e. The van der Waals surface area contributed by atoms with Crippen molar-refractivity contribution in [3.63, 3.8) is 0 Å². The lowest BCUT2D eigenvalue weighted by Crippen LogP contribution is -2.02. The Morgan fingerprint density at radius 3 is 2.44 bits per heavy atom. The van der Waals surface area contributed by atoms with Gasteiger partial charge in [0.05, 0.1) is 0 Å². The Morgan fingerprint density at radius 1 is 1.00 bits per heavy atom. The Hall–Kier alpha value is -3.81. The van der Waals surface area contributed by atoms with E-state index in [1.807, 2.05) is 66.2 Å². The molecule has 0 aliphatic carbocycles. The van der Waals surface area contributed by atoms with Crippen LogP contribution in [0.25, 0.3) is 28.4 Å². The molecule has 0 aliphatic rings. The van der Waals surface area contributed by atoms with Crippen LogP contribution in [-0.4, -0.2) is 30.4 Å². The number of fused-ring (bicyclic) bond motifs is 1. The van der Waals surface area contributed by atoms with Crippen molar-refractivity contribution >= 4 is 46.3 Å². The van der Waals surface area contributed by atoms with Gasteiger partial charge in [0, 0.05) is 46.3 Å². The molecule has 0 spiro atoms. The lowest BCUT2D eigenvalue weighted by molar-refractivity contribution is -0.131. The van der Waals surface area contributed by atoms with Crippen molar-refractivity contribution in [3.05, 3.63) is 106 Å². The van der Waals surface area contributed by atoms with Crippen LogP contribution in [0.3, 0.4) is 0 Å². The first-order chi connectivity index (χ1) is 17.5. The van der Waals surface area contributed by atoms with Crippen molar-refractivity contribution in [1.82, 2.24) is 19.3 Å². The van der Waals surface area contributed by atoms with Gasteiger partial charge in [-0.2, -0.15) is 0 Å². The van der Waals surface area contributed by atoms with Crippen molar-refractivity contribution in [3.8, 4) is 11.4 Å². The summed E-state index contributed by atoms with van der Waals surface area (Å²) in [6, 6.07) is 25.6. The largest absolute Gasteiger partial charge is 0.477 e. The van der Waals surface area contributed by atoms with Crippen LogP contribution in [0.5, 0.6) is 0 Å². The number of aromatic nitrogens is 4. The highest BCUT2D eigenvalue weighted by atomic mass is 35.5. The van der Waals surface area contributed by atoms with Crippen LogP contribution < -0.4 is 0 Å². The predicted molar refractivity (Wildman–Crippen MR) is 145 cm³/mol. The molecule has 180 valence electrons. The normalized spacial score (nSPS) is 11.8. The Balaban J connectivity index is 1.51. The van der Waals surface area contributed by atoms with Crippen LogP contribution in [0.4, 0.5) is 0 Å². The van der Waals surface area contributed by atoms with Gasteiger partial charge < -0.3 is 14.2 Å². The molecule has 0 bridgehead atoms. The third kappa shape index (κ3) is 4.94. The van der Waals surface area contributed by atoms with E-state index in [0.29, 0.717) is 29.1 Å². The van der Waals surface area contributed by atoms with Gasteiger partial charge in [-0.1, -0.05) is 60.1 Å². The molecule has 3 aromatic carbocycles. The molecule has 36 heavy (non-hydrogen) atoms. The summed E-state index contributed by atoms with van der Waals surface area (Å²) in [5.74, 6) is -0.348. The average molecular weight is 515 g/mol. The zero-order valence-electron chi connectivity index (χ0n) is 19.5. The van der Waals surface area contributed by atoms with Crippen LogP contribution in [-0.2, 0) is 17.9 Å². The third-order valence-electron chi connectivity index (χ3n) is 5.85. The number of nitrogens with zero attached hydrogens (tertiary/aromatic N) is 4. The van der Waals surface area contributed by atoms with Gasteiger partial charge in [-0.3, -0.25) is 0 Å². The lowest BCUT2D eigenvalue weighted by Gasteiger charge is -2.08. The van der Waals surface area contributed by atoms with Gasteiger partial charge in [0.25, 0.3) is 0 Å². The molecule has 0 fully saturated rings. The molecule has 0 amide bonds. The second-order valence-corrected chi connectivity index (χ2v) is 9.63. The maximum absolute atomic E-state index is 12.3. The summed E-state index contributed by atoms with van der Waals surface area (Å²) in [4.78, 5) is 12.5. The van der Waals surface area contributed by atoms with E-state index in [1.54, 1.807) is 18.2 Å². The average Bonchev–Trinajstić information content (AvgIpc) is 3.46. The highest BCUT2D eigenvalue weighted by molar-refractivity contribution is 8.04. The molecule has 5 aromatic rings. The first-order valence-electron chi connectivity index (χ1n) is 11.5. The van der Waals surface area contributed by atoms with Gasteiger partial charge in [0.2, 0.25) is 0 Å². The molecule has 2 aromatic heterocycles. The highest BCUT2D eigenvalue weighted by Gasteiger charge is 2.19. The molecule has 2 heterocycles. The number of carboxylic acids is 1. The minimum absolute atomic E-state index is 0.169. The number of para-hydroxylation sites is 1. The molecule has 6 nitrogen and oxygen atoms in total. The minimum Gasteiger partial charge on any atom is -0.477 e. The number of benzene rings is 3. The molecule has 0 radical (unpaired) electrons. The number of hydrogen-bond donors (Lipinski definition) is 1. The second-order valence-electron chi connectivity index (χ2n) is 8.19. The zero-order valence-corrected chi connectivity index (χ0v) is 21.1. The van der Waals surface area contributed by atoms with E-state index < -0.39 is 5.97 Å². The third-order valence-corrected chi connectivity index (χ3v) is 7.10. The number of hydrogen-bond acceptors (Lipinski definition) is 4. The Kier molecular flexibility index (Phi) is 6.93. The number of carbonyl (C=O) groups is 1. The van der Waals surface area contributed by atoms with Crippen LogP contribution >= 0.6 is 23.4 Å². The van der Waals surface area contributed by atoms with Gasteiger partial charge in [-0.15, -0.1) is 10.2 Å². The predicted octanol–water partition coefficient (Wildman–Crippen LogP) is 6.84. The van der Waals surface area contributed by atoms with E-state index in [4.69, 9.17) is 11.6 Å². The van der Waals surface area contributed by atoms with E-state index in [-0.39, 0.29) is 4.91 Å². The van der Waals surface area contributed by atoms with Crippen LogP contribution in [0.15, 0.2) is 95.1 Å². The number of halogens is 1. The molecular weight excluding hydrogens is 492 g/mol. The van der Waals surface area contributed by atoms with Crippen molar-refractivity contribution < 1.29 is 9.90 Å². The number of aliphatic carboxylic acids is 1. The SMILES string of the molecule is CCn1c(S/C(=C\c2cn(Cc3ccccc3)c3ccccc23)C(=O)O)nnc1-c1ccc(Cl)cc1. The summed E-state index contributed by atoms with van der Waals surface area (Å²) in [6.45, 7) is 3.27. The van der Waals surface area contributed by atoms with Gasteiger partial charge in [-0.25, -0.2) is 4.79 Å². The molecule has 5 rings (SSSR count). The first kappa shape index (κ1) is 23.9. The Bertz CT molecular complexity index is 1560. The van der Waals surface area contributed by atoms with E-state index in [2.05, 4.69) is 33.0 Å². The second kappa shape index (κ2) is 10.4. The quantitative estimate of drug-likeness (QED) is 0.181. The van der Waals surface area contributed by atoms with Crippen molar-refractivity contribution in [1.29, 1.82) is 0 Å². The van der Waals surface area contributed by atoms with E-state index in [9.17, 15) is 9.90 Å². The molecule has 1 N–H and O–H groups in total. The fraction of sp³-hybridized carbons (Fsp3) is 0.107. The zero-order chi connectivity index (χ0) is 25.1. The maximum atomic E-state index is 12.3. The number of thioether (sulfide) groups is 1. The monoisotopic (exact) mass is 514 g/mol. The number of rotatable bonds is 8.